The molecule has 0 aliphatic carbocycles. The molecular formula is C14H13BrClN. The predicted octanol–water partition coefficient (Wildman–Crippen LogP) is 4.46. The maximum atomic E-state index is 6.26. The van der Waals surface area contributed by atoms with Gasteiger partial charge in [-0.05, 0) is 41.8 Å². The Morgan fingerprint density at radius 3 is 2.41 bits per heavy atom. The summed E-state index contributed by atoms with van der Waals surface area (Å²) in [6.45, 7) is 2.00. The molecule has 0 amide bonds. The molecule has 0 saturated carbocycles. The molecule has 1 nitrogen and oxygen atoms in total. The van der Waals surface area contributed by atoms with E-state index in [9.17, 15) is 0 Å². The lowest BCUT2D eigenvalue weighted by Gasteiger charge is -2.16. The zero-order chi connectivity index (χ0) is 12.4. The first-order valence-electron chi connectivity index (χ1n) is 5.35. The molecule has 0 spiro atoms. The van der Waals surface area contributed by atoms with E-state index in [0.29, 0.717) is 0 Å². The quantitative estimate of drug-likeness (QED) is 0.871. The summed E-state index contributed by atoms with van der Waals surface area (Å²) in [7, 11) is 0. The molecule has 0 heterocycles. The first-order chi connectivity index (χ1) is 8.09. The molecule has 2 rings (SSSR count). The van der Waals surface area contributed by atoms with Crippen molar-refractivity contribution in [2.24, 2.45) is 5.73 Å². The highest BCUT2D eigenvalue weighted by Crippen LogP contribution is 2.27. The predicted molar refractivity (Wildman–Crippen MR) is 76.4 cm³/mol. The van der Waals surface area contributed by atoms with Crippen molar-refractivity contribution >= 4 is 27.5 Å². The van der Waals surface area contributed by atoms with Gasteiger partial charge in [-0.15, -0.1) is 0 Å². The third-order valence-corrected chi connectivity index (χ3v) is 3.81. The molecule has 0 radical (unpaired) electrons. The summed E-state index contributed by atoms with van der Waals surface area (Å²) >= 11 is 9.52. The van der Waals surface area contributed by atoms with Crippen molar-refractivity contribution in [3.05, 3.63) is 68.7 Å². The van der Waals surface area contributed by atoms with Gasteiger partial charge in [0.1, 0.15) is 0 Å². The Bertz CT molecular complexity index is 522. The van der Waals surface area contributed by atoms with E-state index in [1.54, 1.807) is 0 Å². The highest BCUT2D eigenvalue weighted by atomic mass is 79.9. The molecule has 1 atom stereocenters. The van der Waals surface area contributed by atoms with Crippen molar-refractivity contribution < 1.29 is 0 Å². The van der Waals surface area contributed by atoms with Crippen LogP contribution in [0.4, 0.5) is 0 Å². The zero-order valence-corrected chi connectivity index (χ0v) is 11.8. The molecule has 0 fully saturated rings. The summed E-state index contributed by atoms with van der Waals surface area (Å²) in [5.41, 5.74) is 9.46. The third kappa shape index (κ3) is 2.71. The second kappa shape index (κ2) is 5.21. The van der Waals surface area contributed by atoms with Crippen LogP contribution in [-0.2, 0) is 0 Å². The van der Waals surface area contributed by atoms with Crippen LogP contribution in [0.2, 0.25) is 5.02 Å². The first-order valence-corrected chi connectivity index (χ1v) is 6.52. The summed E-state index contributed by atoms with van der Waals surface area (Å²) in [4.78, 5) is 0. The molecule has 2 aromatic carbocycles. The van der Waals surface area contributed by atoms with Crippen LogP contribution in [-0.4, -0.2) is 0 Å². The molecule has 17 heavy (non-hydrogen) atoms. The topological polar surface area (TPSA) is 26.0 Å². The lowest BCUT2D eigenvalue weighted by Crippen LogP contribution is -2.13. The molecule has 0 bridgehead atoms. The van der Waals surface area contributed by atoms with Crippen molar-refractivity contribution in [3.63, 3.8) is 0 Å². The minimum atomic E-state index is -0.137. The number of hydrogen-bond donors (Lipinski definition) is 1. The second-order valence-corrected chi connectivity index (χ2v) is 5.31. The highest BCUT2D eigenvalue weighted by molar-refractivity contribution is 9.10. The monoisotopic (exact) mass is 309 g/mol. The average Bonchev–Trinajstić information content (AvgIpc) is 2.33. The van der Waals surface area contributed by atoms with Gasteiger partial charge in [0.25, 0.3) is 0 Å². The number of hydrogen-bond acceptors (Lipinski definition) is 1. The van der Waals surface area contributed by atoms with Gasteiger partial charge in [0, 0.05) is 9.50 Å². The third-order valence-electron chi connectivity index (χ3n) is 2.87. The Hall–Kier alpha value is -0.830. The van der Waals surface area contributed by atoms with E-state index in [2.05, 4.69) is 15.9 Å². The van der Waals surface area contributed by atoms with Gasteiger partial charge in [0.05, 0.1) is 6.04 Å². The SMILES string of the molecule is Cc1c(Cl)cccc1C(N)c1ccc(Br)cc1. The number of rotatable bonds is 2. The number of benzene rings is 2. The molecule has 0 aromatic heterocycles. The van der Waals surface area contributed by atoms with Crippen LogP contribution in [0.3, 0.4) is 0 Å². The fraction of sp³-hybridized carbons (Fsp3) is 0.143. The van der Waals surface area contributed by atoms with Crippen LogP contribution in [0.25, 0.3) is 0 Å². The highest BCUT2D eigenvalue weighted by Gasteiger charge is 2.12. The molecule has 1 unspecified atom stereocenters. The largest absolute Gasteiger partial charge is 0.320 e. The van der Waals surface area contributed by atoms with Gasteiger partial charge in [0.2, 0.25) is 0 Å². The minimum Gasteiger partial charge on any atom is -0.320 e. The van der Waals surface area contributed by atoms with Gasteiger partial charge >= 0.3 is 0 Å². The summed E-state index contributed by atoms with van der Waals surface area (Å²) in [6.07, 6.45) is 0. The van der Waals surface area contributed by atoms with Crippen LogP contribution >= 0.6 is 27.5 Å². The fourth-order valence-corrected chi connectivity index (χ4v) is 2.26. The van der Waals surface area contributed by atoms with E-state index < -0.39 is 0 Å². The summed E-state index contributed by atoms with van der Waals surface area (Å²) < 4.78 is 1.05. The van der Waals surface area contributed by atoms with E-state index in [-0.39, 0.29) is 6.04 Å². The molecule has 2 N–H and O–H groups in total. The molecule has 3 heteroatoms. The van der Waals surface area contributed by atoms with Gasteiger partial charge in [-0.2, -0.15) is 0 Å². The van der Waals surface area contributed by atoms with Crippen molar-refractivity contribution in [2.45, 2.75) is 13.0 Å². The van der Waals surface area contributed by atoms with Gasteiger partial charge in [0.15, 0.2) is 0 Å². The minimum absolute atomic E-state index is 0.137. The Morgan fingerprint density at radius 2 is 1.76 bits per heavy atom. The Balaban J connectivity index is 2.40. The van der Waals surface area contributed by atoms with Crippen LogP contribution < -0.4 is 5.73 Å². The smallest absolute Gasteiger partial charge is 0.0554 e. The summed E-state index contributed by atoms with van der Waals surface area (Å²) in [5, 5.41) is 0.759. The molecule has 0 aliphatic rings. The number of nitrogens with two attached hydrogens (primary N) is 1. The second-order valence-electron chi connectivity index (χ2n) is 3.98. The van der Waals surface area contributed by atoms with Gasteiger partial charge in [-0.1, -0.05) is 51.8 Å². The van der Waals surface area contributed by atoms with E-state index in [1.165, 1.54) is 0 Å². The van der Waals surface area contributed by atoms with Gasteiger partial charge in [-0.25, -0.2) is 0 Å². The fourth-order valence-electron chi connectivity index (χ4n) is 1.81. The molecule has 0 aliphatic heterocycles. The normalized spacial score (nSPS) is 12.5. The average molecular weight is 311 g/mol. The van der Waals surface area contributed by atoms with Crippen molar-refractivity contribution in [1.82, 2.24) is 0 Å². The first kappa shape index (κ1) is 12.6. The van der Waals surface area contributed by atoms with Crippen LogP contribution in [0, 0.1) is 6.92 Å². The van der Waals surface area contributed by atoms with Crippen molar-refractivity contribution in [3.8, 4) is 0 Å². The number of halogens is 2. The van der Waals surface area contributed by atoms with E-state index in [0.717, 1.165) is 26.2 Å². The van der Waals surface area contributed by atoms with Crippen molar-refractivity contribution in [1.29, 1.82) is 0 Å². The maximum Gasteiger partial charge on any atom is 0.0554 e. The molecule has 88 valence electrons. The standard InChI is InChI=1S/C14H13BrClN/c1-9-12(3-2-4-13(9)16)14(17)10-5-7-11(15)8-6-10/h2-8,14H,17H2,1H3. The Labute approximate surface area is 115 Å². The Morgan fingerprint density at radius 1 is 1.12 bits per heavy atom. The Kier molecular flexibility index (Phi) is 3.87. The van der Waals surface area contributed by atoms with Crippen LogP contribution in [0.15, 0.2) is 46.9 Å². The van der Waals surface area contributed by atoms with E-state index in [1.807, 2.05) is 49.4 Å². The van der Waals surface area contributed by atoms with Gasteiger partial charge < -0.3 is 5.73 Å². The summed E-state index contributed by atoms with van der Waals surface area (Å²) in [5.74, 6) is 0. The van der Waals surface area contributed by atoms with E-state index in [4.69, 9.17) is 17.3 Å². The lowest BCUT2D eigenvalue weighted by molar-refractivity contribution is 0.861. The van der Waals surface area contributed by atoms with Crippen LogP contribution in [0.5, 0.6) is 0 Å². The van der Waals surface area contributed by atoms with Gasteiger partial charge in [-0.3, -0.25) is 0 Å². The molecular weight excluding hydrogens is 298 g/mol. The van der Waals surface area contributed by atoms with E-state index >= 15 is 0 Å². The summed E-state index contributed by atoms with van der Waals surface area (Å²) in [6, 6.07) is 13.7. The van der Waals surface area contributed by atoms with Crippen molar-refractivity contribution in [2.75, 3.05) is 0 Å². The molecule has 2 aromatic rings. The maximum absolute atomic E-state index is 6.26. The van der Waals surface area contributed by atoms with Crippen LogP contribution in [0.1, 0.15) is 22.7 Å². The lowest BCUT2D eigenvalue weighted by atomic mass is 9.96. The zero-order valence-electron chi connectivity index (χ0n) is 9.45. The molecule has 0 saturated heterocycles.